The first kappa shape index (κ1) is 26.8. The van der Waals surface area contributed by atoms with Gasteiger partial charge >= 0.3 is 0 Å². The van der Waals surface area contributed by atoms with E-state index in [2.05, 4.69) is 31.4 Å². The fraction of sp³-hybridized carbons (Fsp3) is 0.680. The Morgan fingerprint density at radius 2 is 1.19 bits per heavy atom. The lowest BCUT2D eigenvalue weighted by atomic mass is 10.1. The van der Waals surface area contributed by atoms with Gasteiger partial charge in [0.05, 0.1) is 26.1 Å². The van der Waals surface area contributed by atoms with E-state index in [0.29, 0.717) is 37.6 Å². The number of nitrogens with one attached hydrogen (secondary N) is 2. The molecule has 0 aliphatic heterocycles. The lowest BCUT2D eigenvalue weighted by molar-refractivity contribution is -0.122. The van der Waals surface area contributed by atoms with Crippen molar-refractivity contribution in [3.8, 4) is 11.5 Å². The van der Waals surface area contributed by atoms with Crippen molar-refractivity contribution < 1.29 is 19.1 Å². The van der Waals surface area contributed by atoms with E-state index in [1.165, 1.54) is 0 Å². The maximum absolute atomic E-state index is 11.9. The van der Waals surface area contributed by atoms with Gasteiger partial charge in [-0.2, -0.15) is 0 Å². The normalized spacial score (nSPS) is 10.5. The van der Waals surface area contributed by atoms with Crippen LogP contribution in [0.3, 0.4) is 0 Å². The fourth-order valence-electron chi connectivity index (χ4n) is 3.14. The van der Waals surface area contributed by atoms with E-state index < -0.39 is 0 Å². The zero-order chi connectivity index (χ0) is 22.7. The van der Waals surface area contributed by atoms with Crippen molar-refractivity contribution in [3.05, 3.63) is 23.8 Å². The summed E-state index contributed by atoms with van der Waals surface area (Å²) >= 11 is 0. The molecule has 0 aromatic heterocycles. The van der Waals surface area contributed by atoms with Crippen LogP contribution in [0.15, 0.2) is 18.2 Å². The second-order valence-corrected chi connectivity index (χ2v) is 7.87. The number of hydrogen-bond acceptors (Lipinski definition) is 4. The molecular weight excluding hydrogens is 392 g/mol. The molecular formula is C25H42N2O4. The van der Waals surface area contributed by atoms with Crippen LogP contribution in [0.25, 0.3) is 0 Å². The zero-order valence-electron chi connectivity index (χ0n) is 19.8. The minimum atomic E-state index is 0.0160. The molecule has 31 heavy (non-hydrogen) atoms. The Bertz CT molecular complexity index is 586. The lowest BCUT2D eigenvalue weighted by Gasteiger charge is -2.12. The van der Waals surface area contributed by atoms with E-state index in [4.69, 9.17) is 9.47 Å². The number of ether oxygens (including phenoxy) is 2. The minimum absolute atomic E-state index is 0.0160. The summed E-state index contributed by atoms with van der Waals surface area (Å²) in [6.45, 7) is 8.52. The number of aryl methyl sites for hydroxylation is 1. The predicted molar refractivity (Wildman–Crippen MR) is 126 cm³/mol. The van der Waals surface area contributed by atoms with E-state index in [-0.39, 0.29) is 11.8 Å². The standard InChI is InChI=1S/C25H42N2O4/c1-4-7-9-14-26-24(28)12-16-30-22-18-21(11-6-3)19-23(20-22)31-17-13-25(29)27-15-10-8-5-2/h18-20H,4-17H2,1-3H3,(H,26,28)(H,27,29). The van der Waals surface area contributed by atoms with Crippen molar-refractivity contribution in [1.82, 2.24) is 10.6 Å². The minimum Gasteiger partial charge on any atom is -0.493 e. The van der Waals surface area contributed by atoms with Gasteiger partial charge in [-0.1, -0.05) is 52.9 Å². The Labute approximate surface area is 188 Å². The van der Waals surface area contributed by atoms with Crippen LogP contribution in [0.1, 0.15) is 84.1 Å². The zero-order valence-corrected chi connectivity index (χ0v) is 19.8. The number of benzene rings is 1. The van der Waals surface area contributed by atoms with Crippen LogP contribution < -0.4 is 20.1 Å². The summed E-state index contributed by atoms with van der Waals surface area (Å²) < 4.78 is 11.6. The van der Waals surface area contributed by atoms with Crippen LogP contribution >= 0.6 is 0 Å². The van der Waals surface area contributed by atoms with Crippen molar-refractivity contribution in [2.75, 3.05) is 26.3 Å². The van der Waals surface area contributed by atoms with Crippen LogP contribution in [0.2, 0.25) is 0 Å². The molecule has 0 aliphatic rings. The molecule has 1 rings (SSSR count). The van der Waals surface area contributed by atoms with E-state index in [9.17, 15) is 9.59 Å². The van der Waals surface area contributed by atoms with Gasteiger partial charge in [-0.15, -0.1) is 0 Å². The highest BCUT2D eigenvalue weighted by molar-refractivity contribution is 5.76. The molecule has 0 fully saturated rings. The van der Waals surface area contributed by atoms with Gasteiger partial charge in [0.15, 0.2) is 0 Å². The molecule has 176 valence electrons. The molecule has 2 amide bonds. The number of unbranched alkanes of at least 4 members (excludes halogenated alkanes) is 4. The van der Waals surface area contributed by atoms with Crippen LogP contribution in [0.4, 0.5) is 0 Å². The molecule has 1 aromatic carbocycles. The van der Waals surface area contributed by atoms with Gasteiger partial charge in [0.25, 0.3) is 0 Å². The maximum atomic E-state index is 11.9. The highest BCUT2D eigenvalue weighted by atomic mass is 16.5. The van der Waals surface area contributed by atoms with Gasteiger partial charge in [-0.3, -0.25) is 9.59 Å². The molecule has 6 nitrogen and oxygen atoms in total. The summed E-state index contributed by atoms with van der Waals surface area (Å²) in [5.41, 5.74) is 1.13. The summed E-state index contributed by atoms with van der Waals surface area (Å²) in [6.07, 6.45) is 9.17. The van der Waals surface area contributed by atoms with Gasteiger partial charge in [-0.25, -0.2) is 0 Å². The fourth-order valence-corrected chi connectivity index (χ4v) is 3.14. The van der Waals surface area contributed by atoms with Crippen molar-refractivity contribution in [2.24, 2.45) is 0 Å². The van der Waals surface area contributed by atoms with Crippen LogP contribution in [0, 0.1) is 0 Å². The van der Waals surface area contributed by atoms with Gasteiger partial charge in [0.2, 0.25) is 11.8 Å². The van der Waals surface area contributed by atoms with Crippen molar-refractivity contribution >= 4 is 11.8 Å². The third-order valence-electron chi connectivity index (χ3n) is 4.88. The molecule has 6 heteroatoms. The van der Waals surface area contributed by atoms with E-state index in [1.54, 1.807) is 0 Å². The molecule has 0 spiro atoms. The summed E-state index contributed by atoms with van der Waals surface area (Å²) in [4.78, 5) is 23.8. The summed E-state index contributed by atoms with van der Waals surface area (Å²) in [5.74, 6) is 1.43. The molecule has 1 aromatic rings. The number of amides is 2. The molecule has 0 unspecified atom stereocenters. The third-order valence-corrected chi connectivity index (χ3v) is 4.88. The third kappa shape index (κ3) is 13.6. The van der Waals surface area contributed by atoms with E-state index in [1.807, 2.05) is 18.2 Å². The average molecular weight is 435 g/mol. The summed E-state index contributed by atoms with van der Waals surface area (Å²) in [6, 6.07) is 5.82. The van der Waals surface area contributed by atoms with Crippen LogP contribution in [-0.2, 0) is 16.0 Å². The van der Waals surface area contributed by atoms with Crippen molar-refractivity contribution in [2.45, 2.75) is 85.0 Å². The first-order valence-electron chi connectivity index (χ1n) is 12.0. The van der Waals surface area contributed by atoms with E-state index in [0.717, 1.165) is 70.0 Å². The number of rotatable bonds is 18. The topological polar surface area (TPSA) is 76.7 Å². The Hall–Kier alpha value is -2.24. The molecule has 0 heterocycles. The second-order valence-electron chi connectivity index (χ2n) is 7.87. The largest absolute Gasteiger partial charge is 0.493 e. The van der Waals surface area contributed by atoms with Crippen LogP contribution in [-0.4, -0.2) is 38.1 Å². The lowest BCUT2D eigenvalue weighted by Crippen LogP contribution is -2.26. The number of hydrogen-bond donors (Lipinski definition) is 2. The predicted octanol–water partition coefficient (Wildman–Crippen LogP) is 4.79. The highest BCUT2D eigenvalue weighted by Crippen LogP contribution is 2.24. The molecule has 0 saturated heterocycles. The van der Waals surface area contributed by atoms with Gasteiger partial charge in [0.1, 0.15) is 11.5 Å². The average Bonchev–Trinajstić information content (AvgIpc) is 2.74. The number of carbonyl (C=O) groups is 2. The SMILES string of the molecule is CCCCCNC(=O)CCOc1cc(CCC)cc(OCCC(=O)NCCCCC)c1. The second kappa shape index (κ2) is 17.4. The first-order chi connectivity index (χ1) is 15.1. The highest BCUT2D eigenvalue weighted by Gasteiger charge is 2.07. The van der Waals surface area contributed by atoms with Crippen molar-refractivity contribution in [1.29, 1.82) is 0 Å². The number of carbonyl (C=O) groups excluding carboxylic acids is 2. The monoisotopic (exact) mass is 434 g/mol. The van der Waals surface area contributed by atoms with Gasteiger partial charge in [0, 0.05) is 19.2 Å². The Balaban J connectivity index is 2.44. The molecule has 0 bridgehead atoms. The molecule has 0 atom stereocenters. The molecule has 0 radical (unpaired) electrons. The molecule has 0 aliphatic carbocycles. The van der Waals surface area contributed by atoms with Gasteiger partial charge in [-0.05, 0) is 37.0 Å². The molecule has 2 N–H and O–H groups in total. The summed E-state index contributed by atoms with van der Waals surface area (Å²) in [5, 5.41) is 5.85. The Morgan fingerprint density at radius 1 is 0.710 bits per heavy atom. The molecule has 0 saturated carbocycles. The Morgan fingerprint density at radius 3 is 1.61 bits per heavy atom. The van der Waals surface area contributed by atoms with Crippen LogP contribution in [0.5, 0.6) is 11.5 Å². The van der Waals surface area contributed by atoms with Crippen molar-refractivity contribution in [3.63, 3.8) is 0 Å². The van der Waals surface area contributed by atoms with E-state index >= 15 is 0 Å². The quantitative estimate of drug-likeness (QED) is 0.326. The summed E-state index contributed by atoms with van der Waals surface area (Å²) in [7, 11) is 0. The maximum Gasteiger partial charge on any atom is 0.223 e. The first-order valence-corrected chi connectivity index (χ1v) is 12.0. The van der Waals surface area contributed by atoms with Gasteiger partial charge < -0.3 is 20.1 Å². The smallest absolute Gasteiger partial charge is 0.223 e. The Kier molecular flexibility index (Phi) is 15.1.